The number of ether oxygens (including phenoxy) is 1. The fraction of sp³-hybridized carbons (Fsp3) is 0.185. The number of hydrogen-bond donors (Lipinski definition) is 4. The van der Waals surface area contributed by atoms with Gasteiger partial charge >= 0.3 is 5.97 Å². The maximum absolute atomic E-state index is 13.9. The number of anilines is 3. The summed E-state index contributed by atoms with van der Waals surface area (Å²) in [5.74, 6) is -0.519. The molecule has 0 fully saturated rings. The minimum atomic E-state index is -0.519. The highest BCUT2D eigenvalue weighted by Gasteiger charge is 2.25. The smallest absolute Gasteiger partial charge is 0.333 e. The summed E-state index contributed by atoms with van der Waals surface area (Å²) in [5.41, 5.74) is 2.03. The molecule has 0 aliphatic carbocycles. The average Bonchev–Trinajstić information content (AvgIpc) is 3.46. The summed E-state index contributed by atoms with van der Waals surface area (Å²) in [4.78, 5) is 37.2. The fourth-order valence-electron chi connectivity index (χ4n) is 3.96. The topological polar surface area (TPSA) is 134 Å². The van der Waals surface area contributed by atoms with Gasteiger partial charge in [0, 0.05) is 29.4 Å². The number of carbonyl (C=O) groups is 2. The molecule has 14 heteroatoms. The first-order valence-corrected chi connectivity index (χ1v) is 13.7. The summed E-state index contributed by atoms with van der Waals surface area (Å²) in [6.45, 7) is 6.67. The van der Waals surface area contributed by atoms with E-state index in [9.17, 15) is 14.4 Å². The molecule has 2 aromatic heterocycles. The zero-order valence-electron chi connectivity index (χ0n) is 21.8. The zero-order valence-corrected chi connectivity index (χ0v) is 24.9. The Kier molecular flexibility index (Phi) is 9.49. The maximum atomic E-state index is 13.9. The lowest BCUT2D eigenvalue weighted by Crippen LogP contribution is -2.17. The van der Waals surface area contributed by atoms with Gasteiger partial charge in [0.15, 0.2) is 0 Å². The number of benzene rings is 2. The Bertz CT molecular complexity index is 1680. The van der Waals surface area contributed by atoms with E-state index in [-0.39, 0.29) is 39.6 Å². The third kappa shape index (κ3) is 6.97. The van der Waals surface area contributed by atoms with Gasteiger partial charge in [-0.25, -0.2) is 9.48 Å². The second kappa shape index (κ2) is 12.9. The molecule has 0 unspecified atom stereocenters. The van der Waals surface area contributed by atoms with E-state index < -0.39 is 11.5 Å². The fourth-order valence-corrected chi connectivity index (χ4v) is 5.11. The highest BCUT2D eigenvalue weighted by atomic mass is 35.5. The van der Waals surface area contributed by atoms with Gasteiger partial charge in [0.05, 0.1) is 27.4 Å². The van der Waals surface area contributed by atoms with Crippen molar-refractivity contribution in [2.45, 2.75) is 26.7 Å². The minimum absolute atomic E-state index is 0.135. The van der Waals surface area contributed by atoms with Gasteiger partial charge in [-0.2, -0.15) is 5.10 Å². The Morgan fingerprint density at radius 1 is 1.07 bits per heavy atom. The van der Waals surface area contributed by atoms with Crippen molar-refractivity contribution < 1.29 is 14.3 Å². The monoisotopic (exact) mass is 636 g/mol. The van der Waals surface area contributed by atoms with E-state index in [0.717, 1.165) is 0 Å². The number of hydrogen-bond acceptors (Lipinski definition) is 6. The summed E-state index contributed by atoms with van der Waals surface area (Å²) < 4.78 is 6.36. The Balaban J connectivity index is 1.79. The van der Waals surface area contributed by atoms with Crippen LogP contribution in [0.4, 0.5) is 17.2 Å². The van der Waals surface area contributed by atoms with Gasteiger partial charge in [0.2, 0.25) is 5.91 Å². The zero-order chi connectivity index (χ0) is 29.8. The third-order valence-corrected chi connectivity index (χ3v) is 6.89. The molecule has 0 bridgehead atoms. The molecular weight excluding hydrogens is 614 g/mol. The molecule has 0 saturated heterocycles. The van der Waals surface area contributed by atoms with E-state index in [2.05, 4.69) is 32.5 Å². The number of rotatable bonds is 10. The van der Waals surface area contributed by atoms with Crippen molar-refractivity contribution >= 4 is 75.5 Å². The van der Waals surface area contributed by atoms with E-state index in [1.165, 1.54) is 23.7 Å². The number of aryl methyl sites for hydroxylation is 1. The van der Waals surface area contributed by atoms with E-state index in [1.807, 2.05) is 0 Å². The average molecular weight is 638 g/mol. The van der Waals surface area contributed by atoms with Crippen molar-refractivity contribution in [2.24, 2.45) is 0 Å². The largest absolute Gasteiger partial charge is 0.462 e. The van der Waals surface area contributed by atoms with Crippen molar-refractivity contribution in [3.05, 3.63) is 84.7 Å². The molecule has 0 spiro atoms. The Hall–Kier alpha value is -3.70. The Morgan fingerprint density at radius 2 is 1.78 bits per heavy atom. The maximum Gasteiger partial charge on any atom is 0.333 e. The summed E-state index contributed by atoms with van der Waals surface area (Å²) in [5, 5.41) is 16.9. The molecule has 0 aliphatic rings. The van der Waals surface area contributed by atoms with E-state index in [0.29, 0.717) is 51.1 Å². The second-order valence-corrected chi connectivity index (χ2v) is 10.7. The SMILES string of the molecule is C=C(C)C(=O)OCCCc1c[nH]nc1-c1c(Nc2cc(NC(C)=O)ccc2Cl)[nH]n(-c2c(Cl)cc(Cl)cc2Cl)c1=O. The van der Waals surface area contributed by atoms with Crippen molar-refractivity contribution in [1.82, 2.24) is 20.0 Å². The lowest BCUT2D eigenvalue weighted by Gasteiger charge is -2.11. The molecule has 2 aromatic carbocycles. The molecule has 0 atom stereocenters. The van der Waals surface area contributed by atoms with E-state index >= 15 is 0 Å². The lowest BCUT2D eigenvalue weighted by atomic mass is 10.1. The molecule has 41 heavy (non-hydrogen) atoms. The number of aromatic nitrogens is 4. The number of nitrogens with zero attached hydrogens (tertiary/aromatic N) is 2. The predicted octanol–water partition coefficient (Wildman–Crippen LogP) is 6.92. The van der Waals surface area contributed by atoms with Crippen molar-refractivity contribution in [2.75, 3.05) is 17.2 Å². The third-order valence-electron chi connectivity index (χ3n) is 5.77. The minimum Gasteiger partial charge on any atom is -0.462 e. The van der Waals surface area contributed by atoms with Crippen LogP contribution < -0.4 is 16.2 Å². The quantitative estimate of drug-likeness (QED) is 0.0847. The number of nitrogens with one attached hydrogen (secondary N) is 4. The van der Waals surface area contributed by atoms with Crippen LogP contribution in [0.5, 0.6) is 0 Å². The summed E-state index contributed by atoms with van der Waals surface area (Å²) in [6, 6.07) is 7.79. The molecule has 4 rings (SSSR count). The first-order chi connectivity index (χ1) is 19.5. The molecule has 214 valence electrons. The first kappa shape index (κ1) is 30.3. The van der Waals surface area contributed by atoms with E-state index in [4.69, 9.17) is 51.1 Å². The van der Waals surface area contributed by atoms with Gasteiger partial charge in [-0.15, -0.1) is 0 Å². The summed E-state index contributed by atoms with van der Waals surface area (Å²) in [6.07, 6.45) is 2.55. The summed E-state index contributed by atoms with van der Waals surface area (Å²) >= 11 is 25.4. The van der Waals surface area contributed by atoms with Gasteiger partial charge in [-0.05, 0) is 55.7 Å². The van der Waals surface area contributed by atoms with Gasteiger partial charge in [-0.1, -0.05) is 53.0 Å². The molecule has 4 N–H and O–H groups in total. The molecule has 4 aromatic rings. The first-order valence-electron chi connectivity index (χ1n) is 12.2. The van der Waals surface area contributed by atoms with Crippen LogP contribution in [-0.4, -0.2) is 38.5 Å². The Labute approximate surface area is 254 Å². The van der Waals surface area contributed by atoms with Crippen molar-refractivity contribution in [3.63, 3.8) is 0 Å². The number of H-pyrrole nitrogens is 2. The number of aromatic amines is 2. The van der Waals surface area contributed by atoms with Gasteiger partial charge in [0.25, 0.3) is 5.56 Å². The van der Waals surface area contributed by atoms with E-state index in [1.54, 1.807) is 31.3 Å². The van der Waals surface area contributed by atoms with Crippen LogP contribution in [0.15, 0.2) is 53.5 Å². The van der Waals surface area contributed by atoms with Crippen LogP contribution in [-0.2, 0) is 20.7 Å². The number of carbonyl (C=O) groups excluding carboxylic acids is 2. The van der Waals surface area contributed by atoms with Crippen LogP contribution in [0.1, 0.15) is 25.8 Å². The molecule has 2 heterocycles. The Morgan fingerprint density at radius 3 is 2.44 bits per heavy atom. The highest BCUT2D eigenvalue weighted by molar-refractivity contribution is 6.40. The van der Waals surface area contributed by atoms with Gasteiger partial charge in [-0.3, -0.25) is 19.8 Å². The number of esters is 1. The number of halogens is 4. The van der Waals surface area contributed by atoms with Crippen molar-refractivity contribution in [3.8, 4) is 16.9 Å². The molecular formula is C27H24Cl4N6O4. The second-order valence-electron chi connectivity index (χ2n) is 9.00. The predicted molar refractivity (Wildman–Crippen MR) is 162 cm³/mol. The molecule has 0 aliphatic heterocycles. The van der Waals surface area contributed by atoms with Crippen LogP contribution in [0, 0.1) is 0 Å². The van der Waals surface area contributed by atoms with Crippen LogP contribution >= 0.6 is 46.4 Å². The molecule has 10 nitrogen and oxygen atoms in total. The van der Waals surface area contributed by atoms with Crippen molar-refractivity contribution in [1.29, 1.82) is 0 Å². The molecule has 0 saturated carbocycles. The summed E-state index contributed by atoms with van der Waals surface area (Å²) in [7, 11) is 0. The highest BCUT2D eigenvalue weighted by Crippen LogP contribution is 2.36. The number of amides is 1. The van der Waals surface area contributed by atoms with Crippen LogP contribution in [0.2, 0.25) is 20.1 Å². The van der Waals surface area contributed by atoms with Gasteiger partial charge < -0.3 is 15.4 Å². The normalized spacial score (nSPS) is 10.9. The van der Waals surface area contributed by atoms with Crippen LogP contribution in [0.25, 0.3) is 16.9 Å². The standard InChI is InChI=1S/C27H24Cl4N6O4/c1-13(2)27(40)41-8-4-5-15-12-32-35-23(15)22-25(34-21-11-17(33-14(3)38)6-7-18(21)29)36-37(26(22)39)24-19(30)9-16(28)10-20(24)31/h6-7,9-12,34,36H,1,4-5,8H2,2-3H3,(H,32,35)(H,33,38). The lowest BCUT2D eigenvalue weighted by molar-refractivity contribution is -0.139. The van der Waals surface area contributed by atoms with Crippen LogP contribution in [0.3, 0.4) is 0 Å². The van der Waals surface area contributed by atoms with Gasteiger partial charge in [0.1, 0.15) is 22.8 Å². The molecule has 1 amide bonds. The molecule has 0 radical (unpaired) electrons.